The zero-order chi connectivity index (χ0) is 17.7. The number of hydrogen-bond donors (Lipinski definition) is 3. The molecule has 3 N–H and O–H groups in total. The van der Waals surface area contributed by atoms with Crippen molar-refractivity contribution in [1.82, 2.24) is 15.1 Å². The Bertz CT molecular complexity index is 667. The molecule has 0 amide bonds. The first kappa shape index (κ1) is 16.5. The van der Waals surface area contributed by atoms with Gasteiger partial charge in [0, 0.05) is 44.3 Å². The Morgan fingerprint density at radius 1 is 1.28 bits per heavy atom. The van der Waals surface area contributed by atoms with Gasteiger partial charge < -0.3 is 25.3 Å². The molecule has 0 spiro atoms. The van der Waals surface area contributed by atoms with Crippen LogP contribution in [0.5, 0.6) is 0 Å². The molecule has 0 aromatic rings. The van der Waals surface area contributed by atoms with Gasteiger partial charge in [-0.15, -0.1) is 0 Å². The molecule has 0 aromatic heterocycles. The van der Waals surface area contributed by atoms with E-state index in [2.05, 4.69) is 5.32 Å². The van der Waals surface area contributed by atoms with Gasteiger partial charge in [0.1, 0.15) is 12.1 Å². The molecule has 0 radical (unpaired) electrons. The van der Waals surface area contributed by atoms with Crippen molar-refractivity contribution in [3.63, 3.8) is 0 Å². The number of piperidine rings is 1. The second-order valence-electron chi connectivity index (χ2n) is 7.12. The van der Waals surface area contributed by atoms with Crippen LogP contribution in [0.15, 0.2) is 23.3 Å². The van der Waals surface area contributed by atoms with Gasteiger partial charge in [-0.25, -0.2) is 4.39 Å². The first-order chi connectivity index (χ1) is 12.0. The summed E-state index contributed by atoms with van der Waals surface area (Å²) in [4.78, 5) is 27.7. The van der Waals surface area contributed by atoms with Gasteiger partial charge >= 0.3 is 5.97 Å². The Labute approximate surface area is 144 Å². The number of aliphatic hydroxyl groups excluding tert-OH is 1. The van der Waals surface area contributed by atoms with Crippen molar-refractivity contribution < 1.29 is 24.2 Å². The lowest BCUT2D eigenvalue weighted by atomic mass is 9.78. The van der Waals surface area contributed by atoms with Crippen LogP contribution in [0.1, 0.15) is 19.3 Å². The van der Waals surface area contributed by atoms with Gasteiger partial charge in [-0.1, -0.05) is 0 Å². The number of hydrogen-bond acceptors (Lipinski definition) is 6. The number of carbonyl (C=O) groups is 2. The molecule has 1 saturated carbocycles. The van der Waals surface area contributed by atoms with Crippen LogP contribution in [0.4, 0.5) is 4.39 Å². The van der Waals surface area contributed by atoms with E-state index in [9.17, 15) is 24.2 Å². The van der Waals surface area contributed by atoms with Gasteiger partial charge in [0.2, 0.25) is 0 Å². The van der Waals surface area contributed by atoms with Gasteiger partial charge in [0.15, 0.2) is 11.7 Å². The highest BCUT2D eigenvalue weighted by Gasteiger charge is 2.53. The molecular formula is C17H22FN3O4. The maximum Gasteiger partial charge on any atom is 0.318 e. The molecule has 7 nitrogen and oxygen atoms in total. The van der Waals surface area contributed by atoms with Crippen LogP contribution in [0.25, 0.3) is 0 Å². The predicted octanol–water partition coefficient (Wildman–Crippen LogP) is 0.0428. The molecule has 136 valence electrons. The van der Waals surface area contributed by atoms with Crippen LogP contribution in [0, 0.1) is 11.8 Å². The van der Waals surface area contributed by atoms with E-state index in [0.717, 1.165) is 25.9 Å². The lowest BCUT2D eigenvalue weighted by Gasteiger charge is -2.45. The van der Waals surface area contributed by atoms with Crippen LogP contribution in [-0.4, -0.2) is 70.2 Å². The minimum absolute atomic E-state index is 0.0316. The minimum atomic E-state index is -1.52. The number of piperazine rings is 1. The van der Waals surface area contributed by atoms with E-state index >= 15 is 0 Å². The summed E-state index contributed by atoms with van der Waals surface area (Å²) in [5, 5.41) is 23.1. The first-order valence-electron chi connectivity index (χ1n) is 8.78. The standard InChI is InChI=1S/C17H22FN3O4/c18-11-7-10-12(8-13(11)20-5-3-19-4-6-20)21(9-1-2-9)16(23)14(15(10)22)17(24)25/h8-10,14,16,19,23H,1-7H2,(H,24,25). The van der Waals surface area contributed by atoms with Crippen molar-refractivity contribution in [3.8, 4) is 0 Å². The second-order valence-corrected chi connectivity index (χ2v) is 7.12. The Morgan fingerprint density at radius 3 is 2.56 bits per heavy atom. The molecule has 4 rings (SSSR count). The number of likely N-dealkylation sites (tertiary alicyclic amines) is 1. The van der Waals surface area contributed by atoms with E-state index in [1.165, 1.54) is 0 Å². The fraction of sp³-hybridized carbons (Fsp3) is 0.647. The quantitative estimate of drug-likeness (QED) is 0.618. The Hall–Kier alpha value is -1.93. The average molecular weight is 351 g/mol. The lowest BCUT2D eigenvalue weighted by molar-refractivity contribution is -0.163. The van der Waals surface area contributed by atoms with Crippen LogP contribution in [-0.2, 0) is 9.59 Å². The van der Waals surface area contributed by atoms with E-state index in [4.69, 9.17) is 0 Å². The van der Waals surface area contributed by atoms with E-state index in [1.807, 2.05) is 4.90 Å². The number of carbonyl (C=O) groups excluding carboxylic acids is 1. The molecule has 3 atom stereocenters. The first-order valence-corrected chi connectivity index (χ1v) is 8.78. The van der Waals surface area contributed by atoms with E-state index in [-0.39, 0.29) is 18.3 Å². The van der Waals surface area contributed by atoms with Crippen molar-refractivity contribution in [2.75, 3.05) is 26.2 Å². The monoisotopic (exact) mass is 351 g/mol. The van der Waals surface area contributed by atoms with Gasteiger partial charge in [-0.2, -0.15) is 0 Å². The molecule has 0 aromatic carbocycles. The maximum absolute atomic E-state index is 14.7. The van der Waals surface area contributed by atoms with E-state index < -0.39 is 29.8 Å². The molecule has 2 heterocycles. The van der Waals surface area contributed by atoms with Crippen molar-refractivity contribution in [2.24, 2.45) is 11.8 Å². The zero-order valence-corrected chi connectivity index (χ0v) is 13.8. The summed E-state index contributed by atoms with van der Waals surface area (Å²) in [5.41, 5.74) is 1.04. The Balaban J connectivity index is 1.71. The Kier molecular flexibility index (Phi) is 4.04. The fourth-order valence-corrected chi connectivity index (χ4v) is 4.08. The normalized spacial score (nSPS) is 33.3. The number of aliphatic hydroxyl groups is 1. The van der Waals surface area contributed by atoms with Crippen molar-refractivity contribution in [1.29, 1.82) is 0 Å². The summed E-state index contributed by atoms with van der Waals surface area (Å²) in [6.07, 6.45) is 1.84. The third kappa shape index (κ3) is 2.73. The predicted molar refractivity (Wildman–Crippen MR) is 85.8 cm³/mol. The molecule has 3 fully saturated rings. The summed E-state index contributed by atoms with van der Waals surface area (Å²) in [7, 11) is 0. The number of ketones is 1. The number of carboxylic acids is 1. The molecule has 8 heteroatoms. The number of aliphatic carboxylic acids is 1. The molecular weight excluding hydrogens is 329 g/mol. The number of allylic oxidation sites excluding steroid dienone is 3. The minimum Gasteiger partial charge on any atom is -0.481 e. The highest BCUT2D eigenvalue weighted by molar-refractivity contribution is 6.02. The van der Waals surface area contributed by atoms with Gasteiger partial charge in [-0.3, -0.25) is 9.59 Å². The van der Waals surface area contributed by atoms with Gasteiger partial charge in [-0.05, 0) is 18.9 Å². The number of Topliss-reactive ketones (excluding diaryl/α,β-unsaturated/α-hetero) is 1. The number of nitrogens with zero attached hydrogens (tertiary/aromatic N) is 2. The second kappa shape index (κ2) is 6.10. The highest BCUT2D eigenvalue weighted by Crippen LogP contribution is 2.45. The number of carboxylic acid groups (broad SMARTS) is 1. The van der Waals surface area contributed by atoms with Crippen molar-refractivity contribution in [2.45, 2.75) is 31.5 Å². The number of nitrogens with one attached hydrogen (secondary N) is 1. The summed E-state index contributed by atoms with van der Waals surface area (Å²) in [5.74, 6) is -4.66. The smallest absolute Gasteiger partial charge is 0.318 e. The highest BCUT2D eigenvalue weighted by atomic mass is 19.1. The molecule has 2 aliphatic heterocycles. The van der Waals surface area contributed by atoms with Crippen molar-refractivity contribution in [3.05, 3.63) is 23.3 Å². The number of halogens is 1. The molecule has 25 heavy (non-hydrogen) atoms. The maximum atomic E-state index is 14.7. The van der Waals surface area contributed by atoms with Crippen LogP contribution in [0.3, 0.4) is 0 Å². The van der Waals surface area contributed by atoms with Gasteiger partial charge in [0.25, 0.3) is 0 Å². The average Bonchev–Trinajstić information content (AvgIpc) is 3.40. The lowest BCUT2D eigenvalue weighted by Crippen LogP contribution is -2.56. The molecule has 2 saturated heterocycles. The fourth-order valence-electron chi connectivity index (χ4n) is 4.08. The molecule has 4 aliphatic rings. The van der Waals surface area contributed by atoms with Crippen LogP contribution in [0.2, 0.25) is 0 Å². The number of rotatable bonds is 3. The van der Waals surface area contributed by atoms with Crippen LogP contribution < -0.4 is 5.32 Å². The molecule has 2 aliphatic carbocycles. The van der Waals surface area contributed by atoms with Gasteiger partial charge in [0.05, 0.1) is 11.6 Å². The van der Waals surface area contributed by atoms with Crippen molar-refractivity contribution >= 4 is 11.8 Å². The third-order valence-electron chi connectivity index (χ3n) is 5.50. The summed E-state index contributed by atoms with van der Waals surface area (Å²) >= 11 is 0. The largest absolute Gasteiger partial charge is 0.481 e. The Morgan fingerprint density at radius 2 is 1.96 bits per heavy atom. The van der Waals surface area contributed by atoms with Crippen LogP contribution >= 0.6 is 0 Å². The van der Waals surface area contributed by atoms with E-state index in [0.29, 0.717) is 24.5 Å². The molecule has 0 bridgehead atoms. The zero-order valence-electron chi connectivity index (χ0n) is 13.8. The summed E-state index contributed by atoms with van der Waals surface area (Å²) < 4.78 is 14.7. The van der Waals surface area contributed by atoms with E-state index in [1.54, 1.807) is 11.0 Å². The SMILES string of the molecule is O=C(O)C1C(=O)C2CC(F)=C(N3CCNCC3)C=C2N(C2CC2)C1O. The topological polar surface area (TPSA) is 93.1 Å². The summed E-state index contributed by atoms with van der Waals surface area (Å²) in [6.45, 7) is 2.88. The molecule has 3 unspecified atom stereocenters. The third-order valence-corrected chi connectivity index (χ3v) is 5.50. The number of fused-ring (bicyclic) bond motifs is 1. The summed E-state index contributed by atoms with van der Waals surface area (Å²) in [6, 6.07) is 0.0316.